The van der Waals surface area contributed by atoms with Crippen molar-refractivity contribution >= 4 is 17.7 Å². The van der Waals surface area contributed by atoms with Crippen molar-refractivity contribution in [3.63, 3.8) is 0 Å². The molecule has 0 atom stereocenters. The number of carbonyl (C=O) groups is 2. The lowest BCUT2D eigenvalue weighted by molar-refractivity contribution is -0.121. The maximum Gasteiger partial charge on any atom is 0.343 e. The molecule has 0 bridgehead atoms. The molecule has 0 fully saturated rings. The van der Waals surface area contributed by atoms with Gasteiger partial charge in [0.2, 0.25) is 0 Å². The number of nitrogens with one attached hydrogen (secondary N) is 1. The highest BCUT2D eigenvalue weighted by atomic mass is 16.5. The maximum absolute atomic E-state index is 11.1. The zero-order chi connectivity index (χ0) is 11.7. The van der Waals surface area contributed by atoms with E-state index in [0.29, 0.717) is 13.0 Å². The third kappa shape index (κ3) is 7.66. The molecule has 5 heteroatoms. The van der Waals surface area contributed by atoms with Crippen molar-refractivity contribution in [2.24, 2.45) is 4.99 Å². The Morgan fingerprint density at radius 3 is 2.53 bits per heavy atom. The average molecular weight is 214 g/mol. The van der Waals surface area contributed by atoms with Gasteiger partial charge in [-0.05, 0) is 13.3 Å². The highest BCUT2D eigenvalue weighted by Gasteiger charge is 2.03. The first kappa shape index (κ1) is 13.6. The third-order valence-corrected chi connectivity index (χ3v) is 1.56. The van der Waals surface area contributed by atoms with Gasteiger partial charge in [0.1, 0.15) is 6.61 Å². The number of Topliss-reactive ketones (excluding diaryl/α,β-unsaturated/α-hetero) is 1. The lowest BCUT2D eigenvalue weighted by Gasteiger charge is -2.03. The van der Waals surface area contributed by atoms with E-state index in [1.165, 1.54) is 0 Å². The molecule has 0 radical (unpaired) electrons. The Hall–Kier alpha value is -1.39. The van der Waals surface area contributed by atoms with Gasteiger partial charge in [-0.3, -0.25) is 4.79 Å². The monoisotopic (exact) mass is 214 g/mol. The Balaban J connectivity index is 3.86. The summed E-state index contributed by atoms with van der Waals surface area (Å²) >= 11 is 0. The Kier molecular flexibility index (Phi) is 7.23. The molecule has 0 spiro atoms. The van der Waals surface area contributed by atoms with E-state index >= 15 is 0 Å². The molecule has 86 valence electrons. The van der Waals surface area contributed by atoms with Crippen molar-refractivity contribution in [3.8, 4) is 0 Å². The lowest BCUT2D eigenvalue weighted by Crippen LogP contribution is -2.21. The molecule has 0 aromatic carbocycles. The van der Waals surface area contributed by atoms with Crippen LogP contribution in [0.4, 0.5) is 4.79 Å². The Morgan fingerprint density at radius 1 is 1.33 bits per heavy atom. The summed E-state index contributed by atoms with van der Waals surface area (Å²) in [6, 6.07) is -0.446. The molecule has 1 N–H and O–H groups in total. The number of ether oxygens (including phenoxy) is 1. The predicted molar refractivity (Wildman–Crippen MR) is 58.0 cm³/mol. The van der Waals surface area contributed by atoms with Crippen LogP contribution in [0.1, 0.15) is 33.6 Å². The summed E-state index contributed by atoms with van der Waals surface area (Å²) < 4.78 is 5.01. The van der Waals surface area contributed by atoms with Crippen molar-refractivity contribution in [1.29, 1.82) is 0 Å². The van der Waals surface area contributed by atoms with E-state index in [2.05, 4.69) is 10.3 Å². The quantitative estimate of drug-likeness (QED) is 0.557. The van der Waals surface area contributed by atoms with Gasteiger partial charge in [-0.25, -0.2) is 4.79 Å². The van der Waals surface area contributed by atoms with E-state index in [1.54, 1.807) is 13.8 Å². The minimum absolute atomic E-state index is 0.0113. The van der Waals surface area contributed by atoms with Crippen LogP contribution < -0.4 is 5.32 Å². The van der Waals surface area contributed by atoms with E-state index in [-0.39, 0.29) is 18.3 Å². The molecule has 5 nitrogen and oxygen atoms in total. The second-order valence-corrected chi connectivity index (χ2v) is 3.04. The average Bonchev–Trinajstić information content (AvgIpc) is 2.15. The summed E-state index contributed by atoms with van der Waals surface area (Å²) in [5.74, 6) is 0.230. The number of hydrogen-bond donors (Lipinski definition) is 1. The SMILES string of the molecule is CCCC(=O)CO/C(C)=N\C(=O)NCC. The summed E-state index contributed by atoms with van der Waals surface area (Å²) in [5.41, 5.74) is 0. The molecule has 0 aromatic heterocycles. The summed E-state index contributed by atoms with van der Waals surface area (Å²) in [4.78, 5) is 25.6. The van der Waals surface area contributed by atoms with E-state index in [0.717, 1.165) is 6.42 Å². The molecule has 0 rings (SSSR count). The zero-order valence-electron chi connectivity index (χ0n) is 9.50. The van der Waals surface area contributed by atoms with E-state index in [4.69, 9.17) is 4.74 Å². The van der Waals surface area contributed by atoms with Crippen LogP contribution in [-0.4, -0.2) is 30.9 Å². The first-order chi connectivity index (χ1) is 7.10. The predicted octanol–water partition coefficient (Wildman–Crippen LogP) is 1.52. The van der Waals surface area contributed by atoms with Crippen LogP contribution in [-0.2, 0) is 9.53 Å². The van der Waals surface area contributed by atoms with Gasteiger partial charge in [0.25, 0.3) is 0 Å². The fourth-order valence-electron chi connectivity index (χ4n) is 0.902. The van der Waals surface area contributed by atoms with Gasteiger partial charge in [-0.15, -0.1) is 0 Å². The molecular weight excluding hydrogens is 196 g/mol. The van der Waals surface area contributed by atoms with Gasteiger partial charge in [0.15, 0.2) is 11.7 Å². The molecule has 0 heterocycles. The van der Waals surface area contributed by atoms with E-state index < -0.39 is 6.03 Å². The Bertz CT molecular complexity index is 249. The summed E-state index contributed by atoms with van der Waals surface area (Å²) in [6.45, 7) is 5.78. The second-order valence-electron chi connectivity index (χ2n) is 3.04. The van der Waals surface area contributed by atoms with Crippen LogP contribution in [0.2, 0.25) is 0 Å². The number of ketones is 1. The highest BCUT2D eigenvalue weighted by molar-refractivity contribution is 5.90. The maximum atomic E-state index is 11.1. The molecule has 0 aliphatic rings. The summed E-state index contributed by atoms with van der Waals surface area (Å²) in [5, 5.41) is 2.50. The molecule has 0 saturated carbocycles. The van der Waals surface area contributed by atoms with E-state index in [1.807, 2.05) is 6.92 Å². The van der Waals surface area contributed by atoms with Gasteiger partial charge in [-0.2, -0.15) is 4.99 Å². The molecule has 0 unspecified atom stereocenters. The lowest BCUT2D eigenvalue weighted by atomic mass is 10.2. The largest absolute Gasteiger partial charge is 0.473 e. The first-order valence-electron chi connectivity index (χ1n) is 5.07. The van der Waals surface area contributed by atoms with Crippen LogP contribution >= 0.6 is 0 Å². The molecular formula is C10H18N2O3. The fraction of sp³-hybridized carbons (Fsp3) is 0.700. The number of carbonyl (C=O) groups excluding carboxylic acids is 2. The van der Waals surface area contributed by atoms with Gasteiger partial charge < -0.3 is 10.1 Å². The van der Waals surface area contributed by atoms with Gasteiger partial charge in [-0.1, -0.05) is 6.92 Å². The van der Waals surface area contributed by atoms with Crippen molar-refractivity contribution in [1.82, 2.24) is 5.32 Å². The standard InChI is InChI=1S/C10H18N2O3/c1-4-6-9(13)7-15-8(3)12-10(14)11-5-2/h4-7H2,1-3H3,(H,11,14)/b12-8-. The molecule has 2 amide bonds. The smallest absolute Gasteiger partial charge is 0.343 e. The first-order valence-corrected chi connectivity index (χ1v) is 5.07. The number of aliphatic imine (C=N–C) groups is 1. The number of amides is 2. The molecule has 0 aromatic rings. The van der Waals surface area contributed by atoms with Crippen molar-refractivity contribution in [2.45, 2.75) is 33.6 Å². The van der Waals surface area contributed by atoms with E-state index in [9.17, 15) is 9.59 Å². The van der Waals surface area contributed by atoms with Gasteiger partial charge >= 0.3 is 6.03 Å². The normalized spacial score (nSPS) is 11.0. The number of hydrogen-bond acceptors (Lipinski definition) is 3. The van der Waals surface area contributed by atoms with Gasteiger partial charge in [0.05, 0.1) is 0 Å². The Labute approximate surface area is 89.9 Å². The van der Waals surface area contributed by atoms with Crippen LogP contribution in [0.3, 0.4) is 0 Å². The van der Waals surface area contributed by atoms with Crippen LogP contribution in [0, 0.1) is 0 Å². The number of rotatable bonds is 5. The summed E-state index contributed by atoms with van der Waals surface area (Å²) in [6.07, 6.45) is 1.29. The van der Waals surface area contributed by atoms with Crippen molar-refractivity contribution in [3.05, 3.63) is 0 Å². The number of nitrogens with zero attached hydrogens (tertiary/aromatic N) is 1. The van der Waals surface area contributed by atoms with Crippen LogP contribution in [0.5, 0.6) is 0 Å². The Morgan fingerprint density at radius 2 is 2.00 bits per heavy atom. The molecule has 0 aliphatic heterocycles. The molecule has 15 heavy (non-hydrogen) atoms. The molecule has 0 saturated heterocycles. The minimum Gasteiger partial charge on any atom is -0.473 e. The topological polar surface area (TPSA) is 67.8 Å². The van der Waals surface area contributed by atoms with Crippen molar-refractivity contribution in [2.75, 3.05) is 13.2 Å². The zero-order valence-corrected chi connectivity index (χ0v) is 9.50. The van der Waals surface area contributed by atoms with Gasteiger partial charge in [0, 0.05) is 19.9 Å². The fourth-order valence-corrected chi connectivity index (χ4v) is 0.902. The highest BCUT2D eigenvalue weighted by Crippen LogP contribution is 1.91. The summed E-state index contributed by atoms with van der Waals surface area (Å²) in [7, 11) is 0. The minimum atomic E-state index is -0.446. The third-order valence-electron chi connectivity index (χ3n) is 1.56. The number of urea groups is 1. The second kappa shape index (κ2) is 7.96. The molecule has 0 aliphatic carbocycles. The van der Waals surface area contributed by atoms with Crippen molar-refractivity contribution < 1.29 is 14.3 Å². The van der Waals surface area contributed by atoms with Crippen LogP contribution in [0.25, 0.3) is 0 Å². The van der Waals surface area contributed by atoms with Crippen LogP contribution in [0.15, 0.2) is 4.99 Å².